The van der Waals surface area contributed by atoms with E-state index in [0.29, 0.717) is 0 Å². The third kappa shape index (κ3) is 1.92. The van der Waals surface area contributed by atoms with Crippen LogP contribution in [0.3, 0.4) is 0 Å². The molecule has 0 amide bonds. The second-order valence-electron chi connectivity index (χ2n) is 4.51. The molecule has 0 radical (unpaired) electrons. The maximum absolute atomic E-state index is 9.83. The third-order valence-electron chi connectivity index (χ3n) is 3.34. The summed E-state index contributed by atoms with van der Waals surface area (Å²) in [7, 11) is 0. The fraction of sp³-hybridized carbons (Fsp3) is 0.500. The highest BCUT2D eigenvalue weighted by Gasteiger charge is 2.30. The molecule has 3 N–H and O–H groups in total. The van der Waals surface area contributed by atoms with Gasteiger partial charge in [0.25, 0.3) is 0 Å². The minimum Gasteiger partial charge on any atom is -0.508 e. The molecule has 0 aromatic heterocycles. The molecule has 0 bridgehead atoms. The molecule has 15 heavy (non-hydrogen) atoms. The van der Waals surface area contributed by atoms with Crippen molar-refractivity contribution >= 4 is 0 Å². The number of phenolic OH excluding ortho intramolecular Hbond substituents is 2. The Morgan fingerprint density at radius 2 is 1.87 bits per heavy atom. The van der Waals surface area contributed by atoms with Crippen LogP contribution in [0.15, 0.2) is 18.2 Å². The van der Waals surface area contributed by atoms with E-state index in [1.54, 1.807) is 6.07 Å². The van der Waals surface area contributed by atoms with Crippen LogP contribution in [-0.2, 0) is 5.41 Å². The van der Waals surface area contributed by atoms with Gasteiger partial charge in [-0.2, -0.15) is 0 Å². The van der Waals surface area contributed by atoms with Crippen LogP contribution in [0.2, 0.25) is 0 Å². The van der Waals surface area contributed by atoms with E-state index in [1.165, 1.54) is 6.07 Å². The number of rotatable bonds is 1. The average Bonchev–Trinajstić information content (AvgIpc) is 2.18. The molecule has 1 fully saturated rings. The Morgan fingerprint density at radius 1 is 1.20 bits per heavy atom. The molecular formula is C12H17NO2. The van der Waals surface area contributed by atoms with Crippen LogP contribution in [0, 0.1) is 0 Å². The summed E-state index contributed by atoms with van der Waals surface area (Å²) in [6, 6.07) is 4.89. The third-order valence-corrected chi connectivity index (χ3v) is 3.34. The summed E-state index contributed by atoms with van der Waals surface area (Å²) in [5.41, 5.74) is 0.977. The normalized spacial score (nSPS) is 20.1. The lowest BCUT2D eigenvalue weighted by atomic mass is 9.74. The first-order valence-corrected chi connectivity index (χ1v) is 5.35. The van der Waals surface area contributed by atoms with Crippen molar-refractivity contribution in [1.82, 2.24) is 5.32 Å². The van der Waals surface area contributed by atoms with E-state index in [-0.39, 0.29) is 16.9 Å². The molecule has 2 rings (SSSR count). The summed E-state index contributed by atoms with van der Waals surface area (Å²) in [5.74, 6) is 0.327. The topological polar surface area (TPSA) is 52.5 Å². The van der Waals surface area contributed by atoms with Crippen molar-refractivity contribution in [1.29, 1.82) is 0 Å². The second-order valence-corrected chi connectivity index (χ2v) is 4.51. The Morgan fingerprint density at radius 3 is 2.47 bits per heavy atom. The van der Waals surface area contributed by atoms with Crippen molar-refractivity contribution in [3.05, 3.63) is 23.8 Å². The van der Waals surface area contributed by atoms with Gasteiger partial charge in [-0.3, -0.25) is 0 Å². The lowest BCUT2D eigenvalue weighted by Gasteiger charge is -2.35. The van der Waals surface area contributed by atoms with Gasteiger partial charge in [0.2, 0.25) is 0 Å². The second kappa shape index (κ2) is 3.74. The Kier molecular flexibility index (Phi) is 2.57. The maximum Gasteiger partial charge on any atom is 0.123 e. The van der Waals surface area contributed by atoms with E-state index in [4.69, 9.17) is 0 Å². The van der Waals surface area contributed by atoms with Gasteiger partial charge in [-0.15, -0.1) is 0 Å². The Labute approximate surface area is 89.8 Å². The number of hydrogen-bond acceptors (Lipinski definition) is 3. The van der Waals surface area contributed by atoms with Crippen LogP contribution >= 0.6 is 0 Å². The average molecular weight is 207 g/mol. The SMILES string of the molecule is CC1(c2ccc(O)cc2O)CCNCC1. The first kappa shape index (κ1) is 10.3. The number of benzene rings is 1. The number of hydrogen-bond donors (Lipinski definition) is 3. The zero-order valence-electron chi connectivity index (χ0n) is 8.95. The molecule has 1 aliphatic rings. The van der Waals surface area contributed by atoms with E-state index >= 15 is 0 Å². The lowest BCUT2D eigenvalue weighted by molar-refractivity contribution is 0.321. The van der Waals surface area contributed by atoms with Crippen molar-refractivity contribution in [2.45, 2.75) is 25.2 Å². The largest absolute Gasteiger partial charge is 0.508 e. The smallest absolute Gasteiger partial charge is 0.123 e. The number of piperidine rings is 1. The number of phenols is 2. The minimum atomic E-state index is 0.0308. The highest BCUT2D eigenvalue weighted by Crippen LogP contribution is 2.39. The van der Waals surface area contributed by atoms with Crippen LogP contribution in [0.25, 0.3) is 0 Å². The predicted octanol–water partition coefficient (Wildman–Crippen LogP) is 1.74. The molecule has 1 heterocycles. The Balaban J connectivity index is 2.35. The monoisotopic (exact) mass is 207 g/mol. The standard InChI is InChI=1S/C12H17NO2/c1-12(4-6-13-7-5-12)10-3-2-9(14)8-11(10)15/h2-3,8,13-15H,4-7H2,1H3. The molecule has 0 spiro atoms. The minimum absolute atomic E-state index is 0.0308. The molecule has 0 unspecified atom stereocenters. The molecule has 0 atom stereocenters. The van der Waals surface area contributed by atoms with Crippen molar-refractivity contribution in [3.8, 4) is 11.5 Å². The van der Waals surface area contributed by atoms with Gasteiger partial charge in [-0.25, -0.2) is 0 Å². The van der Waals surface area contributed by atoms with Gasteiger partial charge in [0.05, 0.1) is 0 Å². The Hall–Kier alpha value is -1.22. The first-order chi connectivity index (χ1) is 7.12. The van der Waals surface area contributed by atoms with Gasteiger partial charge < -0.3 is 15.5 Å². The van der Waals surface area contributed by atoms with E-state index in [9.17, 15) is 10.2 Å². The maximum atomic E-state index is 9.83. The molecule has 1 saturated heterocycles. The van der Waals surface area contributed by atoms with Gasteiger partial charge >= 0.3 is 0 Å². The van der Waals surface area contributed by atoms with Gasteiger partial charge in [-0.1, -0.05) is 13.0 Å². The number of aromatic hydroxyl groups is 2. The van der Waals surface area contributed by atoms with Gasteiger partial charge in [0.1, 0.15) is 11.5 Å². The molecular weight excluding hydrogens is 190 g/mol. The molecule has 1 aromatic carbocycles. The van der Waals surface area contributed by atoms with E-state index < -0.39 is 0 Å². The van der Waals surface area contributed by atoms with E-state index in [0.717, 1.165) is 31.5 Å². The van der Waals surface area contributed by atoms with Gasteiger partial charge in [0.15, 0.2) is 0 Å². The summed E-state index contributed by atoms with van der Waals surface area (Å²) in [4.78, 5) is 0. The quantitative estimate of drug-likeness (QED) is 0.657. The van der Waals surface area contributed by atoms with Crippen LogP contribution in [-0.4, -0.2) is 23.3 Å². The van der Waals surface area contributed by atoms with E-state index in [2.05, 4.69) is 12.2 Å². The Bertz CT molecular complexity index is 357. The summed E-state index contributed by atoms with van der Waals surface area (Å²) in [6.07, 6.45) is 2.04. The molecule has 3 nitrogen and oxygen atoms in total. The molecule has 1 aliphatic heterocycles. The van der Waals surface area contributed by atoms with Crippen LogP contribution < -0.4 is 5.32 Å². The summed E-state index contributed by atoms with van der Waals surface area (Å²) in [5, 5.41) is 22.4. The van der Waals surface area contributed by atoms with Crippen LogP contribution in [0.1, 0.15) is 25.3 Å². The fourth-order valence-corrected chi connectivity index (χ4v) is 2.28. The number of nitrogens with one attached hydrogen (secondary N) is 1. The van der Waals surface area contributed by atoms with Gasteiger partial charge in [-0.05, 0) is 37.4 Å². The van der Waals surface area contributed by atoms with Crippen LogP contribution in [0.4, 0.5) is 0 Å². The highest BCUT2D eigenvalue weighted by molar-refractivity contribution is 5.43. The lowest BCUT2D eigenvalue weighted by Crippen LogP contribution is -2.37. The summed E-state index contributed by atoms with van der Waals surface area (Å²) in [6.45, 7) is 4.13. The molecule has 0 saturated carbocycles. The summed E-state index contributed by atoms with van der Waals surface area (Å²) >= 11 is 0. The molecule has 1 aromatic rings. The zero-order valence-corrected chi connectivity index (χ0v) is 8.95. The van der Waals surface area contributed by atoms with E-state index in [1.807, 2.05) is 6.07 Å². The van der Waals surface area contributed by atoms with Crippen molar-refractivity contribution < 1.29 is 10.2 Å². The molecule has 0 aliphatic carbocycles. The zero-order chi connectivity index (χ0) is 10.9. The summed E-state index contributed by atoms with van der Waals surface area (Å²) < 4.78 is 0. The van der Waals surface area contributed by atoms with Crippen molar-refractivity contribution in [2.75, 3.05) is 13.1 Å². The fourth-order valence-electron chi connectivity index (χ4n) is 2.28. The highest BCUT2D eigenvalue weighted by atomic mass is 16.3. The van der Waals surface area contributed by atoms with Crippen molar-refractivity contribution in [3.63, 3.8) is 0 Å². The van der Waals surface area contributed by atoms with Crippen LogP contribution in [0.5, 0.6) is 11.5 Å². The first-order valence-electron chi connectivity index (χ1n) is 5.35. The van der Waals surface area contributed by atoms with Crippen molar-refractivity contribution in [2.24, 2.45) is 0 Å². The predicted molar refractivity (Wildman–Crippen MR) is 59.2 cm³/mol. The van der Waals surface area contributed by atoms with Gasteiger partial charge in [0, 0.05) is 11.6 Å². The molecule has 82 valence electrons. The molecule has 3 heteroatoms.